The Bertz CT molecular complexity index is 86.2. The second-order valence-corrected chi connectivity index (χ2v) is 4.80. The van der Waals surface area contributed by atoms with Crippen molar-refractivity contribution in [1.82, 2.24) is 0 Å². The lowest BCUT2D eigenvalue weighted by Gasteiger charge is -2.15. The Morgan fingerprint density at radius 1 is 0.786 bits per heavy atom. The highest BCUT2D eigenvalue weighted by Crippen LogP contribution is 2.22. The van der Waals surface area contributed by atoms with Gasteiger partial charge in [0.2, 0.25) is 0 Å². The molecule has 0 nitrogen and oxygen atoms in total. The average Bonchev–Trinajstić information content (AvgIpc) is 2.21. The molecule has 0 aromatic heterocycles. The van der Waals surface area contributed by atoms with E-state index in [1.54, 1.807) is 0 Å². The Balaban J connectivity index is 0.000000241. The zero-order valence-corrected chi connectivity index (χ0v) is 10.6. The van der Waals surface area contributed by atoms with E-state index in [0.717, 1.165) is 5.92 Å². The molecule has 0 N–H and O–H groups in total. The predicted octanol–water partition coefficient (Wildman–Crippen LogP) is 5.56. The molecule has 0 heteroatoms. The molecule has 1 saturated carbocycles. The van der Waals surface area contributed by atoms with Crippen molar-refractivity contribution in [3.8, 4) is 0 Å². The van der Waals surface area contributed by atoms with Gasteiger partial charge in [-0.05, 0) is 5.92 Å². The summed E-state index contributed by atoms with van der Waals surface area (Å²) in [5.74, 6) is 1.04. The molecule has 86 valence electrons. The first-order valence-corrected chi connectivity index (χ1v) is 6.81. The summed E-state index contributed by atoms with van der Waals surface area (Å²) >= 11 is 0. The molecule has 0 heterocycles. The van der Waals surface area contributed by atoms with Crippen LogP contribution in [0.4, 0.5) is 0 Å². The van der Waals surface area contributed by atoms with Gasteiger partial charge in [-0.15, -0.1) is 0 Å². The minimum absolute atomic E-state index is 1.04. The third-order valence-corrected chi connectivity index (χ3v) is 3.10. The van der Waals surface area contributed by atoms with E-state index in [2.05, 4.69) is 20.8 Å². The third kappa shape index (κ3) is 10.1. The van der Waals surface area contributed by atoms with E-state index in [1.807, 2.05) is 0 Å². The van der Waals surface area contributed by atoms with Gasteiger partial charge in [-0.1, -0.05) is 85.0 Å². The molecule has 1 aliphatic carbocycles. The zero-order valence-electron chi connectivity index (χ0n) is 10.6. The second kappa shape index (κ2) is 11.1. The van der Waals surface area contributed by atoms with Crippen molar-refractivity contribution in [1.29, 1.82) is 0 Å². The fraction of sp³-hybridized carbons (Fsp3) is 1.00. The number of unbranched alkanes of at least 4 members (excludes halogenated alkanes) is 4. The van der Waals surface area contributed by atoms with Crippen LogP contribution in [0.1, 0.15) is 85.0 Å². The molecule has 0 saturated heterocycles. The van der Waals surface area contributed by atoms with Crippen LogP contribution in [-0.4, -0.2) is 0 Å². The molecule has 1 aliphatic rings. The maximum absolute atomic E-state index is 2.36. The number of hydrogen-bond donors (Lipinski definition) is 0. The monoisotopic (exact) mass is 198 g/mol. The predicted molar refractivity (Wildman–Crippen MR) is 66.7 cm³/mol. The highest BCUT2D eigenvalue weighted by molar-refractivity contribution is 4.59. The standard InChI is InChI=1S/C7H14.C7H16/c1-7-5-3-2-4-6-7;1-3-5-7-6-4-2/h7H,2-6H2,1H3;3-7H2,1-2H3. The quantitative estimate of drug-likeness (QED) is 0.518. The van der Waals surface area contributed by atoms with E-state index in [1.165, 1.54) is 64.2 Å². The molecular weight excluding hydrogens is 168 g/mol. The molecule has 0 atom stereocenters. The summed E-state index contributed by atoms with van der Waals surface area (Å²) in [7, 11) is 0. The van der Waals surface area contributed by atoms with Crippen LogP contribution in [0.3, 0.4) is 0 Å². The van der Waals surface area contributed by atoms with E-state index < -0.39 is 0 Å². The van der Waals surface area contributed by atoms with Crippen LogP contribution < -0.4 is 0 Å². The fourth-order valence-electron chi connectivity index (χ4n) is 1.98. The first-order chi connectivity index (χ1) is 6.81. The number of rotatable bonds is 4. The maximum atomic E-state index is 2.36. The van der Waals surface area contributed by atoms with Crippen molar-refractivity contribution in [2.24, 2.45) is 5.92 Å². The van der Waals surface area contributed by atoms with E-state index in [4.69, 9.17) is 0 Å². The fourth-order valence-corrected chi connectivity index (χ4v) is 1.98. The first kappa shape index (κ1) is 14.0. The minimum atomic E-state index is 1.04. The summed E-state index contributed by atoms with van der Waals surface area (Å²) in [6.07, 6.45) is 14.4. The summed E-state index contributed by atoms with van der Waals surface area (Å²) in [6, 6.07) is 0. The Hall–Kier alpha value is 0. The van der Waals surface area contributed by atoms with Crippen LogP contribution in [0.2, 0.25) is 0 Å². The van der Waals surface area contributed by atoms with E-state index in [-0.39, 0.29) is 0 Å². The van der Waals surface area contributed by atoms with Gasteiger partial charge in [0, 0.05) is 0 Å². The lowest BCUT2D eigenvalue weighted by molar-refractivity contribution is 0.385. The van der Waals surface area contributed by atoms with Gasteiger partial charge in [-0.3, -0.25) is 0 Å². The average molecular weight is 198 g/mol. The smallest absolute Gasteiger partial charge is 0.0443 e. The Labute approximate surface area is 91.5 Å². The van der Waals surface area contributed by atoms with Gasteiger partial charge in [0.05, 0.1) is 0 Å². The van der Waals surface area contributed by atoms with Crippen LogP contribution in [0.25, 0.3) is 0 Å². The molecule has 0 spiro atoms. The number of hydrogen-bond acceptors (Lipinski definition) is 0. The normalized spacial score (nSPS) is 17.4. The van der Waals surface area contributed by atoms with Crippen molar-refractivity contribution in [3.05, 3.63) is 0 Å². The Morgan fingerprint density at radius 2 is 1.29 bits per heavy atom. The highest BCUT2D eigenvalue weighted by Gasteiger charge is 2.05. The Morgan fingerprint density at radius 3 is 1.57 bits per heavy atom. The lowest BCUT2D eigenvalue weighted by Crippen LogP contribution is -1.99. The lowest BCUT2D eigenvalue weighted by atomic mass is 9.91. The van der Waals surface area contributed by atoms with E-state index >= 15 is 0 Å². The molecule has 0 amide bonds. The van der Waals surface area contributed by atoms with E-state index in [0.29, 0.717) is 0 Å². The van der Waals surface area contributed by atoms with Gasteiger partial charge in [-0.2, -0.15) is 0 Å². The molecule has 0 unspecified atom stereocenters. The van der Waals surface area contributed by atoms with Crippen LogP contribution in [-0.2, 0) is 0 Å². The zero-order chi connectivity index (χ0) is 10.6. The van der Waals surface area contributed by atoms with Gasteiger partial charge >= 0.3 is 0 Å². The van der Waals surface area contributed by atoms with Gasteiger partial charge in [0.1, 0.15) is 0 Å². The summed E-state index contributed by atoms with van der Waals surface area (Å²) in [6.45, 7) is 6.85. The van der Waals surface area contributed by atoms with Gasteiger partial charge in [0.15, 0.2) is 0 Å². The second-order valence-electron chi connectivity index (χ2n) is 4.80. The van der Waals surface area contributed by atoms with Crippen LogP contribution in [0.15, 0.2) is 0 Å². The third-order valence-electron chi connectivity index (χ3n) is 3.10. The summed E-state index contributed by atoms with van der Waals surface area (Å²) in [4.78, 5) is 0. The molecule has 14 heavy (non-hydrogen) atoms. The van der Waals surface area contributed by atoms with E-state index in [9.17, 15) is 0 Å². The van der Waals surface area contributed by atoms with Gasteiger partial charge in [-0.25, -0.2) is 0 Å². The SMILES string of the molecule is CC1CCCCC1.CCCCCCC. The van der Waals surface area contributed by atoms with Crippen molar-refractivity contribution >= 4 is 0 Å². The van der Waals surface area contributed by atoms with Crippen molar-refractivity contribution < 1.29 is 0 Å². The van der Waals surface area contributed by atoms with Crippen LogP contribution >= 0.6 is 0 Å². The largest absolute Gasteiger partial charge is 0.0654 e. The van der Waals surface area contributed by atoms with Gasteiger partial charge < -0.3 is 0 Å². The molecule has 1 fully saturated rings. The van der Waals surface area contributed by atoms with Crippen molar-refractivity contribution in [2.75, 3.05) is 0 Å². The molecule has 0 radical (unpaired) electrons. The molecule has 0 aliphatic heterocycles. The summed E-state index contributed by atoms with van der Waals surface area (Å²) in [5.41, 5.74) is 0. The van der Waals surface area contributed by atoms with Crippen molar-refractivity contribution in [2.45, 2.75) is 85.0 Å². The topological polar surface area (TPSA) is 0 Å². The summed E-state index contributed by atoms with van der Waals surface area (Å²) in [5, 5.41) is 0. The van der Waals surface area contributed by atoms with Crippen LogP contribution in [0, 0.1) is 5.92 Å². The molecule has 0 aromatic rings. The molecular formula is C14H30. The first-order valence-electron chi connectivity index (χ1n) is 6.81. The van der Waals surface area contributed by atoms with Crippen LogP contribution in [0.5, 0.6) is 0 Å². The van der Waals surface area contributed by atoms with Crippen molar-refractivity contribution in [3.63, 3.8) is 0 Å². The Kier molecular flexibility index (Phi) is 11.1. The molecule has 0 bridgehead atoms. The molecule has 1 rings (SSSR count). The maximum Gasteiger partial charge on any atom is -0.0443 e. The summed E-state index contributed by atoms with van der Waals surface area (Å²) < 4.78 is 0. The minimum Gasteiger partial charge on any atom is -0.0654 e. The van der Waals surface area contributed by atoms with Gasteiger partial charge in [0.25, 0.3) is 0 Å². The highest BCUT2D eigenvalue weighted by atomic mass is 14.1. The molecule has 0 aromatic carbocycles.